The highest BCUT2D eigenvalue weighted by Gasteiger charge is 2.28. The summed E-state index contributed by atoms with van der Waals surface area (Å²) >= 11 is 1.85. The van der Waals surface area contributed by atoms with Crippen molar-refractivity contribution in [3.63, 3.8) is 0 Å². The molecule has 4 rings (SSSR count). The van der Waals surface area contributed by atoms with Gasteiger partial charge in [-0.3, -0.25) is 14.6 Å². The van der Waals surface area contributed by atoms with Gasteiger partial charge < -0.3 is 9.64 Å². The van der Waals surface area contributed by atoms with E-state index < -0.39 is 0 Å². The van der Waals surface area contributed by atoms with Gasteiger partial charge in [0.15, 0.2) is 0 Å². The summed E-state index contributed by atoms with van der Waals surface area (Å²) in [5, 5.41) is 2.19. The third-order valence-electron chi connectivity index (χ3n) is 5.52. The zero-order valence-electron chi connectivity index (χ0n) is 14.3. The Hall–Kier alpha value is -0.950. The van der Waals surface area contributed by atoms with Crippen molar-refractivity contribution >= 4 is 17.2 Å². The molecular weight excluding hydrogens is 322 g/mol. The van der Waals surface area contributed by atoms with Crippen LogP contribution in [0.5, 0.6) is 0 Å². The van der Waals surface area contributed by atoms with Crippen LogP contribution in [-0.2, 0) is 22.5 Å². The lowest BCUT2D eigenvalue weighted by molar-refractivity contribution is -0.135. The molecular formula is C18H27N3O2S. The lowest BCUT2D eigenvalue weighted by atomic mass is 10.1. The van der Waals surface area contributed by atoms with Gasteiger partial charge in [-0.05, 0) is 36.3 Å². The van der Waals surface area contributed by atoms with E-state index in [1.165, 1.54) is 16.9 Å². The maximum absolute atomic E-state index is 12.5. The van der Waals surface area contributed by atoms with E-state index in [4.69, 9.17) is 4.74 Å². The van der Waals surface area contributed by atoms with Gasteiger partial charge in [0.05, 0.1) is 0 Å². The number of amides is 1. The quantitative estimate of drug-likeness (QED) is 0.830. The second kappa shape index (κ2) is 7.52. The molecule has 0 aliphatic carbocycles. The summed E-state index contributed by atoms with van der Waals surface area (Å²) in [7, 11) is 0. The van der Waals surface area contributed by atoms with Crippen molar-refractivity contribution in [2.75, 3.05) is 45.9 Å². The molecule has 5 nitrogen and oxygen atoms in total. The topological polar surface area (TPSA) is 36.0 Å². The monoisotopic (exact) mass is 349 g/mol. The van der Waals surface area contributed by atoms with Crippen LogP contribution in [0.4, 0.5) is 0 Å². The summed E-state index contributed by atoms with van der Waals surface area (Å²) in [4.78, 5) is 20.9. The fourth-order valence-electron chi connectivity index (χ4n) is 4.00. The first-order valence-corrected chi connectivity index (χ1v) is 10.1. The molecule has 6 heteroatoms. The molecule has 3 aliphatic heterocycles. The maximum Gasteiger partial charge on any atom is 0.223 e. The molecule has 3 aliphatic rings. The highest BCUT2D eigenvalue weighted by Crippen LogP contribution is 2.24. The van der Waals surface area contributed by atoms with E-state index in [2.05, 4.69) is 21.2 Å². The Bertz CT molecular complexity index is 562. The Morgan fingerprint density at radius 2 is 2.12 bits per heavy atom. The molecule has 1 aromatic rings. The second-order valence-corrected chi connectivity index (χ2v) is 8.03. The molecule has 24 heavy (non-hydrogen) atoms. The van der Waals surface area contributed by atoms with Gasteiger partial charge >= 0.3 is 0 Å². The van der Waals surface area contributed by atoms with E-state index in [0.717, 1.165) is 65.3 Å². The molecule has 0 bridgehead atoms. The van der Waals surface area contributed by atoms with Gasteiger partial charge in [-0.15, -0.1) is 11.3 Å². The summed E-state index contributed by atoms with van der Waals surface area (Å²) in [5.74, 6) is 0.318. The van der Waals surface area contributed by atoms with Crippen LogP contribution in [-0.4, -0.2) is 72.7 Å². The fraction of sp³-hybridized carbons (Fsp3) is 0.722. The molecule has 4 heterocycles. The number of nitrogens with zero attached hydrogens (tertiary/aromatic N) is 3. The first-order valence-electron chi connectivity index (χ1n) is 9.20. The summed E-state index contributed by atoms with van der Waals surface area (Å²) in [5.41, 5.74) is 1.51. The predicted molar refractivity (Wildman–Crippen MR) is 95.0 cm³/mol. The SMILES string of the molecule is O=C(CCN1CCc2ccsc2C1)N1CCN(C2CCCO2)CC1. The van der Waals surface area contributed by atoms with Crippen LogP contribution in [0.3, 0.4) is 0 Å². The van der Waals surface area contributed by atoms with Crippen molar-refractivity contribution in [3.8, 4) is 0 Å². The van der Waals surface area contributed by atoms with Gasteiger partial charge in [0.1, 0.15) is 6.23 Å². The average Bonchev–Trinajstić information content (AvgIpc) is 3.31. The molecule has 0 spiro atoms. The van der Waals surface area contributed by atoms with Gasteiger partial charge in [0.25, 0.3) is 0 Å². The number of hydrogen-bond acceptors (Lipinski definition) is 5. The summed E-state index contributed by atoms with van der Waals surface area (Å²) in [6.45, 7) is 7.52. The third-order valence-corrected chi connectivity index (χ3v) is 6.47. The Morgan fingerprint density at radius 1 is 1.25 bits per heavy atom. The molecule has 132 valence electrons. The van der Waals surface area contributed by atoms with Crippen LogP contribution >= 0.6 is 11.3 Å². The van der Waals surface area contributed by atoms with Crippen molar-refractivity contribution in [1.29, 1.82) is 0 Å². The molecule has 1 aromatic heterocycles. The predicted octanol–water partition coefficient (Wildman–Crippen LogP) is 1.78. The van der Waals surface area contributed by atoms with Crippen LogP contribution in [0.1, 0.15) is 29.7 Å². The van der Waals surface area contributed by atoms with Crippen LogP contribution in [0, 0.1) is 0 Å². The first kappa shape index (κ1) is 16.5. The van der Waals surface area contributed by atoms with Gasteiger partial charge in [0, 0.05) is 63.7 Å². The molecule has 2 fully saturated rings. The minimum atomic E-state index is 0.301. The Morgan fingerprint density at radius 3 is 2.92 bits per heavy atom. The summed E-state index contributed by atoms with van der Waals surface area (Å²) in [6, 6.07) is 2.25. The number of ether oxygens (including phenoxy) is 1. The average molecular weight is 350 g/mol. The molecule has 1 atom stereocenters. The molecule has 0 saturated carbocycles. The molecule has 1 amide bonds. The van der Waals surface area contributed by atoms with Crippen LogP contribution < -0.4 is 0 Å². The highest BCUT2D eigenvalue weighted by atomic mass is 32.1. The zero-order chi connectivity index (χ0) is 16.4. The largest absolute Gasteiger partial charge is 0.363 e. The van der Waals surface area contributed by atoms with Crippen molar-refractivity contribution in [1.82, 2.24) is 14.7 Å². The maximum atomic E-state index is 12.5. The number of thiophene rings is 1. The molecule has 0 radical (unpaired) electrons. The van der Waals surface area contributed by atoms with Gasteiger partial charge in [0.2, 0.25) is 5.91 Å². The lowest BCUT2D eigenvalue weighted by Gasteiger charge is -2.37. The van der Waals surface area contributed by atoms with Gasteiger partial charge in [-0.25, -0.2) is 0 Å². The standard InChI is InChI=1S/C18H27N3O2S/c22-17(4-7-19-6-3-15-5-13-24-16(15)14-19)20-8-10-21(11-9-20)18-2-1-12-23-18/h5,13,18H,1-4,6-12,14H2. The molecule has 0 aromatic carbocycles. The van der Waals surface area contributed by atoms with E-state index in [0.29, 0.717) is 18.6 Å². The minimum Gasteiger partial charge on any atom is -0.363 e. The van der Waals surface area contributed by atoms with Crippen molar-refractivity contribution < 1.29 is 9.53 Å². The van der Waals surface area contributed by atoms with E-state index in [1.54, 1.807) is 0 Å². The zero-order valence-corrected chi connectivity index (χ0v) is 15.1. The normalized spacial score (nSPS) is 25.8. The third kappa shape index (κ3) is 3.67. The van der Waals surface area contributed by atoms with E-state index in [1.807, 2.05) is 16.2 Å². The van der Waals surface area contributed by atoms with Crippen LogP contribution in [0.15, 0.2) is 11.4 Å². The highest BCUT2D eigenvalue weighted by molar-refractivity contribution is 7.10. The molecule has 1 unspecified atom stereocenters. The van der Waals surface area contributed by atoms with Gasteiger partial charge in [-0.2, -0.15) is 0 Å². The molecule has 0 N–H and O–H groups in total. The first-order chi connectivity index (χ1) is 11.8. The number of fused-ring (bicyclic) bond motifs is 1. The summed E-state index contributed by atoms with van der Waals surface area (Å²) < 4.78 is 5.75. The second-order valence-electron chi connectivity index (χ2n) is 7.03. The fourth-order valence-corrected chi connectivity index (χ4v) is 4.98. The number of carbonyl (C=O) groups excluding carboxylic acids is 1. The lowest BCUT2D eigenvalue weighted by Crippen LogP contribution is -2.52. The smallest absolute Gasteiger partial charge is 0.223 e. The number of carbonyl (C=O) groups is 1. The van der Waals surface area contributed by atoms with Gasteiger partial charge in [-0.1, -0.05) is 0 Å². The van der Waals surface area contributed by atoms with E-state index >= 15 is 0 Å². The number of hydrogen-bond donors (Lipinski definition) is 0. The summed E-state index contributed by atoms with van der Waals surface area (Å²) in [6.07, 6.45) is 4.41. The van der Waals surface area contributed by atoms with Crippen molar-refractivity contribution in [3.05, 3.63) is 21.9 Å². The van der Waals surface area contributed by atoms with E-state index in [-0.39, 0.29) is 0 Å². The Kier molecular flexibility index (Phi) is 5.17. The van der Waals surface area contributed by atoms with Crippen molar-refractivity contribution in [2.24, 2.45) is 0 Å². The van der Waals surface area contributed by atoms with E-state index in [9.17, 15) is 4.79 Å². The Balaban J connectivity index is 1.20. The molecule has 2 saturated heterocycles. The van der Waals surface area contributed by atoms with Crippen molar-refractivity contribution in [2.45, 2.75) is 38.5 Å². The number of rotatable bonds is 4. The Labute approximate surface area is 148 Å². The van der Waals surface area contributed by atoms with Crippen LogP contribution in [0.2, 0.25) is 0 Å². The minimum absolute atomic E-state index is 0.301. The van der Waals surface area contributed by atoms with Crippen LogP contribution in [0.25, 0.3) is 0 Å². The number of piperazine rings is 1.